The Labute approximate surface area is 276 Å². The Hall–Kier alpha value is -4.79. The minimum atomic E-state index is 0.917. The molecule has 5 rings (SSSR count). The molecule has 222 valence electrons. The van der Waals surface area contributed by atoms with Crippen LogP contribution in [-0.2, 0) is 0 Å². The van der Waals surface area contributed by atoms with Crippen LogP contribution in [0.2, 0.25) is 0 Å². The SMILES string of the molecule is C=C(/C=C(\C=C(/C)C1=CCC=CC=C1)c1cc(Br)cc(-c2cc(-c3ccccc3)nc(-c3ccccc3)c2)c1)C(/C=C\C)=C/C. The maximum atomic E-state index is 5.09. The van der Waals surface area contributed by atoms with Gasteiger partial charge in [-0.05, 0) is 108 Å². The molecule has 1 aromatic heterocycles. The number of rotatable bonds is 9. The average Bonchev–Trinajstić information content (AvgIpc) is 3.37. The first-order chi connectivity index (χ1) is 21.9. The van der Waals surface area contributed by atoms with Gasteiger partial charge in [0.1, 0.15) is 0 Å². The van der Waals surface area contributed by atoms with Crippen LogP contribution < -0.4 is 0 Å². The number of benzene rings is 3. The number of hydrogen-bond acceptors (Lipinski definition) is 1. The molecule has 1 aliphatic rings. The number of pyridine rings is 1. The first-order valence-corrected chi connectivity index (χ1v) is 16.1. The van der Waals surface area contributed by atoms with Gasteiger partial charge in [0.2, 0.25) is 0 Å². The zero-order valence-electron chi connectivity index (χ0n) is 26.2. The van der Waals surface area contributed by atoms with Crippen LogP contribution in [-0.4, -0.2) is 4.98 Å². The first-order valence-electron chi connectivity index (χ1n) is 15.3. The van der Waals surface area contributed by atoms with E-state index in [0.717, 1.165) is 66.8 Å². The largest absolute Gasteiger partial charge is 0.248 e. The second kappa shape index (κ2) is 15.3. The fraction of sp³-hybridized carbons (Fsp3) is 0.0930. The molecular formula is C43H38BrN. The highest BCUT2D eigenvalue weighted by Crippen LogP contribution is 2.35. The number of allylic oxidation sites excluding steroid dienone is 15. The van der Waals surface area contributed by atoms with Gasteiger partial charge in [0, 0.05) is 15.6 Å². The van der Waals surface area contributed by atoms with Crippen LogP contribution in [0, 0.1) is 0 Å². The normalized spacial score (nSPS) is 14.0. The maximum absolute atomic E-state index is 5.09. The Bertz CT molecular complexity index is 1840. The van der Waals surface area contributed by atoms with E-state index < -0.39 is 0 Å². The lowest BCUT2D eigenvalue weighted by Gasteiger charge is -2.14. The molecule has 0 radical (unpaired) electrons. The molecule has 0 saturated heterocycles. The summed E-state index contributed by atoms with van der Waals surface area (Å²) in [4.78, 5) is 5.09. The molecule has 0 unspecified atom stereocenters. The number of halogens is 1. The van der Waals surface area contributed by atoms with Gasteiger partial charge in [0.05, 0.1) is 11.4 Å². The predicted octanol–water partition coefficient (Wildman–Crippen LogP) is 12.7. The van der Waals surface area contributed by atoms with Crippen molar-refractivity contribution in [2.45, 2.75) is 27.2 Å². The van der Waals surface area contributed by atoms with Crippen molar-refractivity contribution in [3.8, 4) is 33.6 Å². The van der Waals surface area contributed by atoms with Gasteiger partial charge in [-0.3, -0.25) is 0 Å². The molecule has 0 fully saturated rings. The predicted molar refractivity (Wildman–Crippen MR) is 199 cm³/mol. The molecule has 0 aliphatic heterocycles. The lowest BCUT2D eigenvalue weighted by molar-refractivity contribution is 1.32. The van der Waals surface area contributed by atoms with Crippen molar-refractivity contribution < 1.29 is 0 Å². The smallest absolute Gasteiger partial charge is 0.0715 e. The molecular weight excluding hydrogens is 610 g/mol. The summed E-state index contributed by atoms with van der Waals surface area (Å²) < 4.78 is 1.01. The third-order valence-corrected chi connectivity index (χ3v) is 8.17. The highest BCUT2D eigenvalue weighted by Gasteiger charge is 2.12. The molecule has 45 heavy (non-hydrogen) atoms. The number of aromatic nitrogens is 1. The topological polar surface area (TPSA) is 12.9 Å². The summed E-state index contributed by atoms with van der Waals surface area (Å²) in [5, 5.41) is 0. The van der Waals surface area contributed by atoms with Gasteiger partial charge >= 0.3 is 0 Å². The summed E-state index contributed by atoms with van der Waals surface area (Å²) in [5.41, 5.74) is 13.0. The summed E-state index contributed by atoms with van der Waals surface area (Å²) in [5.74, 6) is 0. The molecule has 4 aromatic rings. The zero-order chi connectivity index (χ0) is 31.6. The van der Waals surface area contributed by atoms with Crippen molar-refractivity contribution in [1.29, 1.82) is 0 Å². The highest BCUT2D eigenvalue weighted by atomic mass is 79.9. The lowest BCUT2D eigenvalue weighted by Crippen LogP contribution is -1.93. The van der Waals surface area contributed by atoms with Gasteiger partial charge in [0.25, 0.3) is 0 Å². The Morgan fingerprint density at radius 2 is 1.42 bits per heavy atom. The Morgan fingerprint density at radius 3 is 2.04 bits per heavy atom. The van der Waals surface area contributed by atoms with E-state index in [4.69, 9.17) is 4.98 Å². The molecule has 0 bridgehead atoms. The Kier molecular flexibility index (Phi) is 10.7. The van der Waals surface area contributed by atoms with Gasteiger partial charge in [-0.25, -0.2) is 4.98 Å². The van der Waals surface area contributed by atoms with Crippen LogP contribution in [0.15, 0.2) is 185 Å². The quantitative estimate of drug-likeness (QED) is 0.165. The standard InChI is InChI=1S/C43H38BrN/c1-5-17-33(6-2)31(3)24-37(25-32(4)34-18-11-7-8-12-19-34)38-26-39(28-41(44)27-38)40-29-42(35-20-13-9-14-21-35)45-43(30-40)36-22-15-10-16-23-36/h5-11,13-30H,3,12H2,1-2,4H3/b17-5-,32-25+,33-6+,37-24+. The van der Waals surface area contributed by atoms with Crippen molar-refractivity contribution in [2.24, 2.45) is 0 Å². The molecule has 0 spiro atoms. The van der Waals surface area contributed by atoms with E-state index in [2.05, 4.69) is 176 Å². The van der Waals surface area contributed by atoms with E-state index in [1.807, 2.05) is 19.1 Å². The van der Waals surface area contributed by atoms with Crippen LogP contribution in [0.3, 0.4) is 0 Å². The average molecular weight is 649 g/mol. The minimum Gasteiger partial charge on any atom is -0.248 e. The molecule has 3 aromatic carbocycles. The van der Waals surface area contributed by atoms with E-state index in [9.17, 15) is 0 Å². The van der Waals surface area contributed by atoms with Gasteiger partial charge in [0.15, 0.2) is 0 Å². The van der Waals surface area contributed by atoms with Gasteiger partial charge in [-0.1, -0.05) is 138 Å². The zero-order valence-corrected chi connectivity index (χ0v) is 27.8. The van der Waals surface area contributed by atoms with Crippen molar-refractivity contribution in [1.82, 2.24) is 4.98 Å². The molecule has 0 saturated carbocycles. The van der Waals surface area contributed by atoms with E-state index in [1.165, 1.54) is 11.1 Å². The van der Waals surface area contributed by atoms with Gasteiger partial charge in [-0.15, -0.1) is 0 Å². The summed E-state index contributed by atoms with van der Waals surface area (Å²) in [6, 6.07) is 31.8. The van der Waals surface area contributed by atoms with Crippen molar-refractivity contribution in [3.05, 3.63) is 191 Å². The van der Waals surface area contributed by atoms with Crippen molar-refractivity contribution in [2.75, 3.05) is 0 Å². The highest BCUT2D eigenvalue weighted by molar-refractivity contribution is 9.10. The minimum absolute atomic E-state index is 0.917. The van der Waals surface area contributed by atoms with Gasteiger partial charge in [-0.2, -0.15) is 0 Å². The Balaban J connectivity index is 1.68. The second-order valence-electron chi connectivity index (χ2n) is 11.0. The summed E-state index contributed by atoms with van der Waals surface area (Å²) in [7, 11) is 0. The van der Waals surface area contributed by atoms with E-state index in [-0.39, 0.29) is 0 Å². The summed E-state index contributed by atoms with van der Waals surface area (Å²) in [6.45, 7) is 10.7. The van der Waals surface area contributed by atoms with E-state index in [1.54, 1.807) is 0 Å². The van der Waals surface area contributed by atoms with Crippen LogP contribution in [0.5, 0.6) is 0 Å². The van der Waals surface area contributed by atoms with Crippen LogP contribution in [0.1, 0.15) is 32.8 Å². The fourth-order valence-corrected chi connectivity index (χ4v) is 5.86. The first kappa shape index (κ1) is 31.6. The van der Waals surface area contributed by atoms with Crippen LogP contribution in [0.25, 0.3) is 39.2 Å². The third-order valence-electron chi connectivity index (χ3n) is 7.71. The maximum Gasteiger partial charge on any atom is 0.0715 e. The molecule has 0 N–H and O–H groups in total. The van der Waals surface area contributed by atoms with Crippen LogP contribution in [0.4, 0.5) is 0 Å². The van der Waals surface area contributed by atoms with E-state index >= 15 is 0 Å². The second-order valence-corrected chi connectivity index (χ2v) is 11.9. The number of hydrogen-bond donors (Lipinski definition) is 0. The lowest BCUT2D eigenvalue weighted by atomic mass is 9.93. The van der Waals surface area contributed by atoms with Crippen LogP contribution >= 0.6 is 15.9 Å². The molecule has 1 nitrogen and oxygen atoms in total. The van der Waals surface area contributed by atoms with Crippen molar-refractivity contribution in [3.63, 3.8) is 0 Å². The van der Waals surface area contributed by atoms with Crippen molar-refractivity contribution >= 4 is 21.5 Å². The molecule has 1 heterocycles. The monoisotopic (exact) mass is 647 g/mol. The van der Waals surface area contributed by atoms with Gasteiger partial charge < -0.3 is 0 Å². The Morgan fingerprint density at radius 1 is 0.778 bits per heavy atom. The molecule has 2 heteroatoms. The number of nitrogens with zero attached hydrogens (tertiary/aromatic N) is 1. The molecule has 0 amide bonds. The molecule has 0 atom stereocenters. The summed E-state index contributed by atoms with van der Waals surface area (Å²) >= 11 is 3.85. The third kappa shape index (κ3) is 8.23. The molecule has 1 aliphatic carbocycles. The van der Waals surface area contributed by atoms with E-state index in [0.29, 0.717) is 0 Å². The fourth-order valence-electron chi connectivity index (χ4n) is 5.37. The summed E-state index contributed by atoms with van der Waals surface area (Å²) in [6.07, 6.45) is 22.5.